The first kappa shape index (κ1) is 28.6. The number of hydrogen-bond acceptors (Lipinski definition) is 7. The first-order valence-electron chi connectivity index (χ1n) is 13.3. The van der Waals surface area contributed by atoms with Gasteiger partial charge >= 0.3 is 0 Å². The van der Waals surface area contributed by atoms with Crippen molar-refractivity contribution >= 4 is 42.6 Å². The summed E-state index contributed by atoms with van der Waals surface area (Å²) in [5, 5.41) is 0.664. The minimum atomic E-state index is -3.60. The van der Waals surface area contributed by atoms with Crippen LogP contribution in [0.4, 0.5) is 5.13 Å². The van der Waals surface area contributed by atoms with E-state index in [-0.39, 0.29) is 10.8 Å². The highest BCUT2D eigenvalue weighted by molar-refractivity contribution is 7.89. The highest BCUT2D eigenvalue weighted by atomic mass is 32.2. The van der Waals surface area contributed by atoms with Gasteiger partial charge in [0.15, 0.2) is 5.13 Å². The Balaban J connectivity index is 1.58. The third-order valence-corrected chi connectivity index (χ3v) is 10.1. The Morgan fingerprint density at radius 3 is 2.45 bits per heavy atom. The van der Waals surface area contributed by atoms with Gasteiger partial charge in [-0.2, -0.15) is 0 Å². The molecule has 1 aliphatic rings. The smallest absolute Gasteiger partial charge is 0.260 e. The number of benzene rings is 2. The van der Waals surface area contributed by atoms with Crippen molar-refractivity contribution in [1.82, 2.24) is 14.2 Å². The van der Waals surface area contributed by atoms with Crippen LogP contribution in [-0.2, 0) is 14.8 Å². The first-order chi connectivity index (χ1) is 18.2. The first-order valence-corrected chi connectivity index (χ1v) is 15.5. The van der Waals surface area contributed by atoms with Crippen molar-refractivity contribution in [2.75, 3.05) is 57.9 Å². The molecule has 0 aliphatic carbocycles. The van der Waals surface area contributed by atoms with Crippen LogP contribution in [0.1, 0.15) is 47.7 Å². The van der Waals surface area contributed by atoms with Crippen molar-refractivity contribution in [3.8, 4) is 0 Å². The second kappa shape index (κ2) is 12.7. The molecule has 1 saturated heterocycles. The zero-order valence-electron chi connectivity index (χ0n) is 22.8. The number of fused-ring (bicyclic) bond motifs is 1. The van der Waals surface area contributed by atoms with E-state index >= 15 is 0 Å². The maximum atomic E-state index is 13.8. The Labute approximate surface area is 230 Å². The molecule has 0 radical (unpaired) electrons. The van der Waals surface area contributed by atoms with Gasteiger partial charge in [0, 0.05) is 45.3 Å². The quantitative estimate of drug-likeness (QED) is 0.339. The lowest BCUT2D eigenvalue weighted by Crippen LogP contribution is -2.39. The molecular weight excluding hydrogens is 520 g/mol. The normalized spacial score (nSPS) is 14.9. The van der Waals surface area contributed by atoms with Gasteiger partial charge in [-0.3, -0.25) is 14.6 Å². The second-order valence-corrected chi connectivity index (χ2v) is 12.9. The summed E-state index contributed by atoms with van der Waals surface area (Å²) in [6, 6.07) is 10.4. The molecule has 0 atom stereocenters. The van der Waals surface area contributed by atoms with Crippen LogP contribution in [0.3, 0.4) is 0 Å². The Bertz CT molecular complexity index is 1350. The van der Waals surface area contributed by atoms with Crippen molar-refractivity contribution in [1.29, 1.82) is 0 Å². The molecule has 0 spiro atoms. The van der Waals surface area contributed by atoms with E-state index in [1.165, 1.54) is 33.3 Å². The largest absolute Gasteiger partial charge is 0.379 e. The molecule has 2 heterocycles. The summed E-state index contributed by atoms with van der Waals surface area (Å²) in [5.41, 5.74) is 3.65. The van der Waals surface area contributed by atoms with Crippen LogP contribution >= 0.6 is 11.3 Å². The average Bonchev–Trinajstić information content (AvgIpc) is 3.37. The standard InChI is InChI=1S/C28H38N4O4S2/c1-5-6-14-30(4)38(34,35)24-11-9-23(10-12-24)27(33)32(16-7-15-31-17-19-36-20-18-31)28-29-26-22(3)21(2)8-13-25(26)37-28/h8-13H,5-7,14-20H2,1-4H3. The van der Waals surface area contributed by atoms with Crippen molar-refractivity contribution in [2.24, 2.45) is 0 Å². The molecule has 1 fully saturated rings. The molecule has 4 rings (SSSR count). The number of aromatic nitrogens is 1. The molecule has 1 aliphatic heterocycles. The van der Waals surface area contributed by atoms with E-state index in [0.29, 0.717) is 23.8 Å². The van der Waals surface area contributed by atoms with Crippen LogP contribution in [0.15, 0.2) is 41.3 Å². The van der Waals surface area contributed by atoms with E-state index in [9.17, 15) is 13.2 Å². The third kappa shape index (κ3) is 6.43. The molecular formula is C28H38N4O4S2. The zero-order valence-corrected chi connectivity index (χ0v) is 24.4. The molecule has 10 heteroatoms. The average molecular weight is 559 g/mol. The number of nitrogens with zero attached hydrogens (tertiary/aromatic N) is 4. The second-order valence-electron chi connectivity index (χ2n) is 9.82. The van der Waals surface area contributed by atoms with E-state index in [0.717, 1.165) is 67.9 Å². The fourth-order valence-electron chi connectivity index (χ4n) is 4.50. The minimum absolute atomic E-state index is 0.177. The Kier molecular flexibility index (Phi) is 9.54. The topological polar surface area (TPSA) is 83.1 Å². The number of sulfonamides is 1. The maximum absolute atomic E-state index is 13.8. The number of amides is 1. The third-order valence-electron chi connectivity index (χ3n) is 7.15. The summed E-state index contributed by atoms with van der Waals surface area (Å²) in [7, 11) is -2.00. The van der Waals surface area contributed by atoms with Gasteiger partial charge in [0.1, 0.15) is 0 Å². The van der Waals surface area contributed by atoms with E-state index in [4.69, 9.17) is 9.72 Å². The highest BCUT2D eigenvalue weighted by Gasteiger charge is 2.25. The minimum Gasteiger partial charge on any atom is -0.379 e. The molecule has 1 aromatic heterocycles. The summed E-state index contributed by atoms with van der Waals surface area (Å²) < 4.78 is 33.7. The lowest BCUT2D eigenvalue weighted by atomic mass is 10.1. The monoisotopic (exact) mass is 558 g/mol. The molecule has 0 N–H and O–H groups in total. The molecule has 2 aromatic carbocycles. The van der Waals surface area contributed by atoms with Gasteiger partial charge in [-0.25, -0.2) is 17.7 Å². The molecule has 0 unspecified atom stereocenters. The maximum Gasteiger partial charge on any atom is 0.260 e. The highest BCUT2D eigenvalue weighted by Crippen LogP contribution is 2.33. The molecule has 3 aromatic rings. The van der Waals surface area contributed by atoms with Crippen LogP contribution in [-0.4, -0.2) is 81.5 Å². The number of rotatable bonds is 11. The molecule has 0 saturated carbocycles. The van der Waals surface area contributed by atoms with Gasteiger partial charge in [0.05, 0.1) is 28.3 Å². The predicted molar refractivity (Wildman–Crippen MR) is 154 cm³/mol. The number of anilines is 1. The van der Waals surface area contributed by atoms with Crippen LogP contribution in [0.5, 0.6) is 0 Å². The van der Waals surface area contributed by atoms with Crippen LogP contribution in [0.25, 0.3) is 10.2 Å². The van der Waals surface area contributed by atoms with Gasteiger partial charge in [-0.1, -0.05) is 30.7 Å². The van der Waals surface area contributed by atoms with Crippen LogP contribution < -0.4 is 4.90 Å². The molecule has 1 amide bonds. The molecule has 38 heavy (non-hydrogen) atoms. The van der Waals surface area contributed by atoms with E-state index in [2.05, 4.69) is 30.9 Å². The summed E-state index contributed by atoms with van der Waals surface area (Å²) in [6.45, 7) is 11.3. The number of hydrogen-bond donors (Lipinski definition) is 0. The number of unbranched alkanes of at least 4 members (excludes halogenated alkanes) is 1. The lowest BCUT2D eigenvalue weighted by molar-refractivity contribution is 0.0376. The molecule has 8 nitrogen and oxygen atoms in total. The van der Waals surface area contributed by atoms with Crippen molar-refractivity contribution in [2.45, 2.75) is 44.9 Å². The fourth-order valence-corrected chi connectivity index (χ4v) is 6.76. The number of aryl methyl sites for hydroxylation is 2. The van der Waals surface area contributed by atoms with E-state index < -0.39 is 10.0 Å². The summed E-state index contributed by atoms with van der Waals surface area (Å²) in [6.07, 6.45) is 2.51. The van der Waals surface area contributed by atoms with Gasteiger partial charge < -0.3 is 4.74 Å². The van der Waals surface area contributed by atoms with Crippen molar-refractivity contribution in [3.05, 3.63) is 53.1 Å². The number of carbonyl (C=O) groups is 1. The van der Waals surface area contributed by atoms with Crippen LogP contribution in [0, 0.1) is 13.8 Å². The number of ether oxygens (including phenoxy) is 1. The van der Waals surface area contributed by atoms with Gasteiger partial charge in [0.25, 0.3) is 5.91 Å². The van der Waals surface area contributed by atoms with Gasteiger partial charge in [-0.15, -0.1) is 0 Å². The Hall–Kier alpha value is -2.37. The number of morpholine rings is 1. The molecule has 0 bridgehead atoms. The number of carbonyl (C=O) groups excluding carboxylic acids is 1. The SMILES string of the molecule is CCCCN(C)S(=O)(=O)c1ccc(C(=O)N(CCCN2CCOCC2)c2nc3c(C)c(C)ccc3s2)cc1. The fraction of sp³-hybridized carbons (Fsp3) is 0.500. The molecule has 206 valence electrons. The van der Waals surface area contributed by atoms with Crippen LogP contribution in [0.2, 0.25) is 0 Å². The number of thiazole rings is 1. The van der Waals surface area contributed by atoms with Crippen molar-refractivity contribution in [3.63, 3.8) is 0 Å². The zero-order chi connectivity index (χ0) is 27.3. The Morgan fingerprint density at radius 1 is 1.05 bits per heavy atom. The van der Waals surface area contributed by atoms with Crippen molar-refractivity contribution < 1.29 is 17.9 Å². The predicted octanol–water partition coefficient (Wildman–Crippen LogP) is 4.70. The van der Waals surface area contributed by atoms with Gasteiger partial charge in [-0.05, 0) is 68.1 Å². The Morgan fingerprint density at radius 2 is 1.76 bits per heavy atom. The van der Waals surface area contributed by atoms with Gasteiger partial charge in [0.2, 0.25) is 10.0 Å². The van der Waals surface area contributed by atoms with E-state index in [1.54, 1.807) is 24.1 Å². The summed E-state index contributed by atoms with van der Waals surface area (Å²) >= 11 is 1.51. The summed E-state index contributed by atoms with van der Waals surface area (Å²) in [4.78, 5) is 23.0. The van der Waals surface area contributed by atoms with E-state index in [1.807, 2.05) is 6.92 Å². The lowest BCUT2D eigenvalue weighted by Gasteiger charge is -2.27. The summed E-state index contributed by atoms with van der Waals surface area (Å²) in [5.74, 6) is -0.177.